The smallest absolute Gasteiger partial charge is 0.226 e. The van der Waals surface area contributed by atoms with Gasteiger partial charge in [0.2, 0.25) is 11.8 Å². The van der Waals surface area contributed by atoms with E-state index in [2.05, 4.69) is 5.32 Å². The van der Waals surface area contributed by atoms with Crippen molar-refractivity contribution >= 4 is 23.2 Å². The van der Waals surface area contributed by atoms with Crippen molar-refractivity contribution in [3.05, 3.63) is 23.8 Å². The maximum atomic E-state index is 11.9. The largest absolute Gasteiger partial charge is 0.399 e. The summed E-state index contributed by atoms with van der Waals surface area (Å²) in [6.45, 7) is 5.20. The van der Waals surface area contributed by atoms with Gasteiger partial charge >= 0.3 is 0 Å². The molecule has 1 heterocycles. The first-order chi connectivity index (χ1) is 9.45. The predicted octanol–water partition coefficient (Wildman–Crippen LogP) is 1.77. The van der Waals surface area contributed by atoms with E-state index >= 15 is 0 Å². The lowest BCUT2D eigenvalue weighted by Gasteiger charge is -2.16. The second-order valence-electron chi connectivity index (χ2n) is 5.52. The molecule has 5 heteroatoms. The summed E-state index contributed by atoms with van der Waals surface area (Å²) in [7, 11) is 0. The second-order valence-corrected chi connectivity index (χ2v) is 5.52. The van der Waals surface area contributed by atoms with Crippen molar-refractivity contribution < 1.29 is 9.59 Å². The number of nitrogen functional groups attached to an aromatic ring is 1. The van der Waals surface area contributed by atoms with Crippen molar-refractivity contribution in [2.45, 2.75) is 26.7 Å². The third-order valence-electron chi connectivity index (χ3n) is 3.55. The fourth-order valence-electron chi connectivity index (χ4n) is 2.41. The molecule has 1 fully saturated rings. The first-order valence-corrected chi connectivity index (χ1v) is 6.89. The molecular formula is C15H21N3O2. The number of amides is 2. The van der Waals surface area contributed by atoms with E-state index in [1.165, 1.54) is 0 Å². The summed E-state index contributed by atoms with van der Waals surface area (Å²) in [6, 6.07) is 5.42. The Balaban J connectivity index is 1.87. The monoisotopic (exact) mass is 275 g/mol. The van der Waals surface area contributed by atoms with E-state index in [0.29, 0.717) is 31.0 Å². The topological polar surface area (TPSA) is 75.4 Å². The quantitative estimate of drug-likeness (QED) is 0.822. The summed E-state index contributed by atoms with van der Waals surface area (Å²) >= 11 is 0. The third-order valence-corrected chi connectivity index (χ3v) is 3.55. The molecule has 1 aliphatic heterocycles. The molecule has 1 aromatic carbocycles. The highest BCUT2D eigenvalue weighted by Gasteiger charge is 2.26. The minimum absolute atomic E-state index is 0.0916. The second kappa shape index (κ2) is 5.94. The molecule has 5 nitrogen and oxygen atoms in total. The average molecular weight is 275 g/mol. The lowest BCUT2D eigenvalue weighted by Crippen LogP contribution is -2.29. The van der Waals surface area contributed by atoms with Gasteiger partial charge in [-0.3, -0.25) is 9.59 Å². The van der Waals surface area contributed by atoms with Gasteiger partial charge in [-0.15, -0.1) is 0 Å². The van der Waals surface area contributed by atoms with Gasteiger partial charge in [0.05, 0.1) is 0 Å². The van der Waals surface area contributed by atoms with Crippen LogP contribution in [0.3, 0.4) is 0 Å². The zero-order valence-electron chi connectivity index (χ0n) is 12.0. The number of benzene rings is 1. The van der Waals surface area contributed by atoms with Gasteiger partial charge in [-0.25, -0.2) is 0 Å². The van der Waals surface area contributed by atoms with Gasteiger partial charge in [0.25, 0.3) is 0 Å². The minimum Gasteiger partial charge on any atom is -0.399 e. The molecule has 1 unspecified atom stereocenters. The van der Waals surface area contributed by atoms with E-state index in [1.54, 1.807) is 17.0 Å². The van der Waals surface area contributed by atoms with Crippen LogP contribution in [0.5, 0.6) is 0 Å². The predicted molar refractivity (Wildman–Crippen MR) is 79.2 cm³/mol. The number of aryl methyl sites for hydroxylation is 1. The molecule has 108 valence electrons. The summed E-state index contributed by atoms with van der Waals surface area (Å²) in [5, 5.41) is 2.84. The van der Waals surface area contributed by atoms with Crippen molar-refractivity contribution in [2.75, 3.05) is 24.1 Å². The zero-order valence-corrected chi connectivity index (χ0v) is 12.0. The number of rotatable bonds is 4. The van der Waals surface area contributed by atoms with Crippen molar-refractivity contribution in [1.82, 2.24) is 4.90 Å². The van der Waals surface area contributed by atoms with E-state index in [9.17, 15) is 9.59 Å². The molecule has 1 saturated heterocycles. The van der Waals surface area contributed by atoms with Crippen LogP contribution in [-0.2, 0) is 9.59 Å². The number of nitrogens with two attached hydrogens (primary N) is 1. The molecule has 0 spiro atoms. The molecule has 0 bridgehead atoms. The molecule has 0 saturated carbocycles. The van der Waals surface area contributed by atoms with E-state index in [4.69, 9.17) is 5.73 Å². The van der Waals surface area contributed by atoms with Crippen LogP contribution in [0.1, 0.15) is 25.3 Å². The highest BCUT2D eigenvalue weighted by molar-refractivity contribution is 5.92. The Morgan fingerprint density at radius 2 is 2.25 bits per heavy atom. The third kappa shape index (κ3) is 3.50. The van der Waals surface area contributed by atoms with Crippen LogP contribution in [0.25, 0.3) is 0 Å². The summed E-state index contributed by atoms with van der Waals surface area (Å²) in [6.07, 6.45) is 0.905. The van der Waals surface area contributed by atoms with Crippen LogP contribution in [-0.4, -0.2) is 29.8 Å². The number of likely N-dealkylation sites (tertiary alicyclic amines) is 1. The normalized spacial score (nSPS) is 18.4. The molecule has 2 amide bonds. The van der Waals surface area contributed by atoms with Gasteiger partial charge in [-0.05, 0) is 30.5 Å². The summed E-state index contributed by atoms with van der Waals surface area (Å²) in [5.41, 5.74) is 8.03. The number of carbonyl (C=O) groups excluding carboxylic acids is 2. The van der Waals surface area contributed by atoms with Crippen molar-refractivity contribution in [3.8, 4) is 0 Å². The van der Waals surface area contributed by atoms with E-state index in [1.807, 2.05) is 19.9 Å². The Hall–Kier alpha value is -2.04. The molecule has 1 atom stereocenters. The van der Waals surface area contributed by atoms with Gasteiger partial charge in [0.15, 0.2) is 0 Å². The van der Waals surface area contributed by atoms with Crippen LogP contribution in [0.15, 0.2) is 18.2 Å². The van der Waals surface area contributed by atoms with E-state index in [0.717, 1.165) is 17.8 Å². The number of anilines is 2. The lowest BCUT2D eigenvalue weighted by atomic mass is 10.2. The van der Waals surface area contributed by atoms with Gasteiger partial charge in [0.1, 0.15) is 0 Å². The highest BCUT2D eigenvalue weighted by atomic mass is 16.2. The van der Waals surface area contributed by atoms with Crippen molar-refractivity contribution in [2.24, 2.45) is 5.92 Å². The first kappa shape index (κ1) is 14.4. The number of nitrogens with one attached hydrogen (secondary N) is 1. The fraction of sp³-hybridized carbons (Fsp3) is 0.467. The highest BCUT2D eigenvalue weighted by Crippen LogP contribution is 2.19. The molecule has 1 aliphatic rings. The average Bonchev–Trinajstić information content (AvgIpc) is 2.70. The van der Waals surface area contributed by atoms with Gasteiger partial charge < -0.3 is 16.0 Å². The fourth-order valence-corrected chi connectivity index (χ4v) is 2.41. The molecule has 0 aromatic heterocycles. The Morgan fingerprint density at radius 3 is 2.90 bits per heavy atom. The molecule has 20 heavy (non-hydrogen) atoms. The maximum Gasteiger partial charge on any atom is 0.226 e. The van der Waals surface area contributed by atoms with Crippen LogP contribution < -0.4 is 11.1 Å². The number of carbonyl (C=O) groups is 2. The Morgan fingerprint density at radius 1 is 1.50 bits per heavy atom. The van der Waals surface area contributed by atoms with E-state index < -0.39 is 0 Å². The molecule has 2 rings (SSSR count). The van der Waals surface area contributed by atoms with Crippen molar-refractivity contribution in [1.29, 1.82) is 0 Å². The van der Waals surface area contributed by atoms with Crippen LogP contribution in [0.4, 0.5) is 11.4 Å². The SMILES string of the molecule is Cc1ccc(N)cc1NC(=O)CCN1CC(C)CC1=O. The van der Waals surface area contributed by atoms with Gasteiger partial charge in [0, 0.05) is 37.3 Å². The Kier molecular flexibility index (Phi) is 4.27. The molecular weight excluding hydrogens is 254 g/mol. The van der Waals surface area contributed by atoms with Gasteiger partial charge in [-0.1, -0.05) is 13.0 Å². The first-order valence-electron chi connectivity index (χ1n) is 6.89. The minimum atomic E-state index is -0.0916. The molecule has 0 radical (unpaired) electrons. The van der Waals surface area contributed by atoms with Crippen LogP contribution in [0, 0.1) is 12.8 Å². The Labute approximate surface area is 119 Å². The lowest BCUT2D eigenvalue weighted by molar-refractivity contribution is -0.128. The standard InChI is InChI=1S/C15H21N3O2/c1-10-7-15(20)18(9-10)6-5-14(19)17-13-8-12(16)4-3-11(13)2/h3-4,8,10H,5-7,9,16H2,1-2H3,(H,17,19). The number of nitrogens with zero attached hydrogens (tertiary/aromatic N) is 1. The van der Waals surface area contributed by atoms with Crippen molar-refractivity contribution in [3.63, 3.8) is 0 Å². The van der Waals surface area contributed by atoms with E-state index in [-0.39, 0.29) is 11.8 Å². The zero-order chi connectivity index (χ0) is 14.7. The molecule has 1 aromatic rings. The summed E-state index contributed by atoms with van der Waals surface area (Å²) < 4.78 is 0. The van der Waals surface area contributed by atoms with Crippen LogP contribution >= 0.6 is 0 Å². The summed E-state index contributed by atoms with van der Waals surface area (Å²) in [5.74, 6) is 0.443. The number of hydrogen-bond acceptors (Lipinski definition) is 3. The Bertz CT molecular complexity index is 528. The van der Waals surface area contributed by atoms with Crippen LogP contribution in [0.2, 0.25) is 0 Å². The molecule has 0 aliphatic carbocycles. The maximum absolute atomic E-state index is 11.9. The molecule has 3 N–H and O–H groups in total. The summed E-state index contributed by atoms with van der Waals surface area (Å²) in [4.78, 5) is 25.3. The number of hydrogen-bond donors (Lipinski definition) is 2. The van der Waals surface area contributed by atoms with Gasteiger partial charge in [-0.2, -0.15) is 0 Å².